The number of carboxylic acid groups (broad SMARTS) is 1. The molecule has 1 aromatic rings. The van der Waals surface area contributed by atoms with E-state index < -0.39 is 18.2 Å². The summed E-state index contributed by atoms with van der Waals surface area (Å²) in [6.07, 6.45) is -0.412. The number of hydrogen-bond donors (Lipinski definition) is 2. The van der Waals surface area contributed by atoms with E-state index >= 15 is 0 Å². The first-order chi connectivity index (χ1) is 6.54. The van der Waals surface area contributed by atoms with Gasteiger partial charge in [0, 0.05) is 5.69 Å². The number of hydrogen-bond acceptors (Lipinski definition) is 3. The molecule has 14 heavy (non-hydrogen) atoms. The molecule has 1 aromatic carbocycles. The third-order valence-electron chi connectivity index (χ3n) is 1.65. The monoisotopic (exact) mass is 194 g/mol. The van der Waals surface area contributed by atoms with Gasteiger partial charge in [-0.05, 0) is 17.7 Å². The van der Waals surface area contributed by atoms with E-state index in [0.29, 0.717) is 0 Å². The molecular formula is C9H7FN2O2. The number of nitrogen functional groups attached to an aromatic ring is 1. The first kappa shape index (κ1) is 9.99. The molecule has 0 aliphatic carbocycles. The summed E-state index contributed by atoms with van der Waals surface area (Å²) in [5.74, 6) is -1.92. The molecule has 3 N–H and O–H groups in total. The van der Waals surface area contributed by atoms with Crippen LogP contribution in [0.5, 0.6) is 0 Å². The van der Waals surface area contributed by atoms with Gasteiger partial charge in [0.15, 0.2) is 0 Å². The van der Waals surface area contributed by atoms with E-state index in [2.05, 4.69) is 0 Å². The molecule has 4 nitrogen and oxygen atoms in total. The number of carbonyl (C=O) groups is 1. The Labute approximate surface area is 79.4 Å². The third-order valence-corrected chi connectivity index (χ3v) is 1.65. The van der Waals surface area contributed by atoms with Gasteiger partial charge in [-0.3, -0.25) is 4.79 Å². The van der Waals surface area contributed by atoms with Crippen LogP contribution in [0.4, 0.5) is 10.1 Å². The van der Waals surface area contributed by atoms with Crippen LogP contribution in [0.2, 0.25) is 0 Å². The fraction of sp³-hybridized carbons (Fsp3) is 0.111. The average molecular weight is 194 g/mol. The van der Waals surface area contributed by atoms with Crippen LogP contribution in [-0.2, 0) is 11.2 Å². The fourth-order valence-electron chi connectivity index (χ4n) is 1.11. The Morgan fingerprint density at radius 1 is 1.64 bits per heavy atom. The lowest BCUT2D eigenvalue weighted by molar-refractivity contribution is -0.136. The molecule has 0 spiro atoms. The van der Waals surface area contributed by atoms with Gasteiger partial charge in [0.25, 0.3) is 0 Å². The molecule has 0 aliphatic rings. The molecular weight excluding hydrogens is 187 g/mol. The number of halogens is 1. The van der Waals surface area contributed by atoms with Crippen LogP contribution in [-0.4, -0.2) is 11.1 Å². The lowest BCUT2D eigenvalue weighted by atomic mass is 10.0. The highest BCUT2D eigenvalue weighted by Crippen LogP contribution is 2.17. The summed E-state index contributed by atoms with van der Waals surface area (Å²) in [5.41, 5.74) is 5.26. The number of nitrogens with two attached hydrogens (primary N) is 1. The SMILES string of the molecule is N#Cc1c(F)cc(N)cc1CC(=O)O. The van der Waals surface area contributed by atoms with Crippen molar-refractivity contribution in [2.24, 2.45) is 0 Å². The van der Waals surface area contributed by atoms with Crippen LogP contribution >= 0.6 is 0 Å². The number of anilines is 1. The van der Waals surface area contributed by atoms with Crippen LogP contribution in [0.1, 0.15) is 11.1 Å². The summed E-state index contributed by atoms with van der Waals surface area (Å²) in [6, 6.07) is 3.88. The Kier molecular flexibility index (Phi) is 2.67. The standard InChI is InChI=1S/C9H7FN2O2/c10-8-3-6(12)1-5(2-9(13)14)7(8)4-11/h1,3H,2,12H2,(H,13,14). The van der Waals surface area contributed by atoms with E-state index in [1.165, 1.54) is 6.07 Å². The second-order valence-electron chi connectivity index (χ2n) is 2.72. The van der Waals surface area contributed by atoms with Gasteiger partial charge >= 0.3 is 5.97 Å². The number of aliphatic carboxylic acids is 1. The van der Waals surface area contributed by atoms with Gasteiger partial charge < -0.3 is 10.8 Å². The van der Waals surface area contributed by atoms with Crippen molar-refractivity contribution < 1.29 is 14.3 Å². The maximum atomic E-state index is 13.1. The van der Waals surface area contributed by atoms with Gasteiger partial charge in [0.05, 0.1) is 12.0 Å². The largest absolute Gasteiger partial charge is 0.481 e. The van der Waals surface area contributed by atoms with Gasteiger partial charge in [0.1, 0.15) is 11.9 Å². The minimum absolute atomic E-state index is 0.0949. The number of nitrogens with zero attached hydrogens (tertiary/aromatic N) is 1. The number of nitriles is 1. The Morgan fingerprint density at radius 3 is 2.79 bits per heavy atom. The van der Waals surface area contributed by atoms with Crippen LogP contribution in [0.15, 0.2) is 12.1 Å². The second kappa shape index (κ2) is 3.75. The van der Waals surface area contributed by atoms with E-state index in [4.69, 9.17) is 16.1 Å². The topological polar surface area (TPSA) is 87.1 Å². The van der Waals surface area contributed by atoms with Crippen LogP contribution in [0.25, 0.3) is 0 Å². The summed E-state index contributed by atoms with van der Waals surface area (Å²) < 4.78 is 13.1. The molecule has 0 unspecified atom stereocenters. The third kappa shape index (κ3) is 1.98. The molecule has 0 bridgehead atoms. The molecule has 0 heterocycles. The van der Waals surface area contributed by atoms with Crippen LogP contribution < -0.4 is 5.73 Å². The van der Waals surface area contributed by atoms with Crippen molar-refractivity contribution in [2.45, 2.75) is 6.42 Å². The Morgan fingerprint density at radius 2 is 2.29 bits per heavy atom. The molecule has 0 saturated heterocycles. The van der Waals surface area contributed by atoms with Crippen molar-refractivity contribution in [1.29, 1.82) is 5.26 Å². The Balaban J connectivity index is 3.26. The average Bonchev–Trinajstić information content (AvgIpc) is 2.01. The second-order valence-corrected chi connectivity index (χ2v) is 2.72. The highest BCUT2D eigenvalue weighted by atomic mass is 19.1. The molecule has 0 aliphatic heterocycles. The maximum absolute atomic E-state index is 13.1. The quantitative estimate of drug-likeness (QED) is 0.685. The first-order valence-electron chi connectivity index (χ1n) is 3.74. The van der Waals surface area contributed by atoms with Gasteiger partial charge in [-0.1, -0.05) is 0 Å². The normalized spacial score (nSPS) is 9.43. The van der Waals surface area contributed by atoms with E-state index in [-0.39, 0.29) is 16.8 Å². The summed E-state index contributed by atoms with van der Waals surface area (Å²) >= 11 is 0. The molecule has 0 atom stereocenters. The zero-order valence-electron chi connectivity index (χ0n) is 7.12. The number of carboxylic acids is 1. The number of benzene rings is 1. The Hall–Kier alpha value is -2.09. The minimum Gasteiger partial charge on any atom is -0.481 e. The first-order valence-corrected chi connectivity index (χ1v) is 3.74. The molecule has 5 heteroatoms. The summed E-state index contributed by atoms with van der Waals surface area (Å²) in [5, 5.41) is 17.1. The lowest BCUT2D eigenvalue weighted by Gasteiger charge is -2.03. The van der Waals surface area contributed by atoms with Gasteiger partial charge in [0.2, 0.25) is 0 Å². The highest BCUT2D eigenvalue weighted by molar-refractivity contribution is 5.72. The molecule has 0 radical (unpaired) electrons. The smallest absolute Gasteiger partial charge is 0.307 e. The van der Waals surface area contributed by atoms with Gasteiger partial charge in [-0.2, -0.15) is 5.26 Å². The zero-order valence-corrected chi connectivity index (χ0v) is 7.12. The lowest BCUT2D eigenvalue weighted by Crippen LogP contribution is -2.05. The van der Waals surface area contributed by atoms with Crippen molar-refractivity contribution >= 4 is 11.7 Å². The van der Waals surface area contributed by atoms with E-state index in [1.54, 1.807) is 6.07 Å². The predicted molar refractivity (Wildman–Crippen MR) is 46.9 cm³/mol. The van der Waals surface area contributed by atoms with Crippen molar-refractivity contribution in [3.63, 3.8) is 0 Å². The van der Waals surface area contributed by atoms with Crippen LogP contribution in [0.3, 0.4) is 0 Å². The van der Waals surface area contributed by atoms with Crippen LogP contribution in [0, 0.1) is 17.1 Å². The summed E-state index contributed by atoms with van der Waals surface area (Å²) in [4.78, 5) is 10.4. The van der Waals surface area contributed by atoms with E-state index in [1.807, 2.05) is 0 Å². The summed E-state index contributed by atoms with van der Waals surface area (Å²) in [7, 11) is 0. The minimum atomic E-state index is -1.13. The van der Waals surface area contributed by atoms with Crippen molar-refractivity contribution in [3.8, 4) is 6.07 Å². The molecule has 0 amide bonds. The van der Waals surface area contributed by atoms with Crippen molar-refractivity contribution in [2.75, 3.05) is 5.73 Å². The predicted octanol–water partition coefficient (Wildman–Crippen LogP) is 0.907. The molecule has 1 rings (SSSR count). The molecule has 72 valence electrons. The Bertz CT molecular complexity index is 424. The van der Waals surface area contributed by atoms with Crippen molar-refractivity contribution in [1.82, 2.24) is 0 Å². The highest BCUT2D eigenvalue weighted by Gasteiger charge is 2.12. The maximum Gasteiger partial charge on any atom is 0.307 e. The van der Waals surface area contributed by atoms with Gasteiger partial charge in [-0.25, -0.2) is 4.39 Å². The zero-order chi connectivity index (χ0) is 10.7. The fourth-order valence-corrected chi connectivity index (χ4v) is 1.11. The molecule has 0 aromatic heterocycles. The van der Waals surface area contributed by atoms with E-state index in [0.717, 1.165) is 6.07 Å². The molecule has 0 fully saturated rings. The molecule has 0 saturated carbocycles. The number of rotatable bonds is 2. The van der Waals surface area contributed by atoms with Gasteiger partial charge in [-0.15, -0.1) is 0 Å². The van der Waals surface area contributed by atoms with Crippen molar-refractivity contribution in [3.05, 3.63) is 29.1 Å². The summed E-state index contributed by atoms with van der Waals surface area (Å²) in [6.45, 7) is 0. The van der Waals surface area contributed by atoms with E-state index in [9.17, 15) is 9.18 Å².